The molecule has 0 aliphatic heterocycles. The number of benzene rings is 1. The van der Waals surface area contributed by atoms with Crippen molar-refractivity contribution in [2.24, 2.45) is 5.73 Å². The largest absolute Gasteiger partial charge is 0.368 e. The number of nitrogens with two attached hydrogens (primary N) is 1. The van der Waals surface area contributed by atoms with Gasteiger partial charge in [-0.2, -0.15) is 0 Å². The maximum absolute atomic E-state index is 13.5. The molecule has 20 heavy (non-hydrogen) atoms. The first kappa shape index (κ1) is 17.1. The van der Waals surface area contributed by atoms with Crippen molar-refractivity contribution in [1.82, 2.24) is 10.2 Å². The number of nitrogens with zero attached hydrogens (tertiary/aromatic N) is 1. The number of carbonyl (C=O) groups is 1. The second-order valence-electron chi connectivity index (χ2n) is 4.49. The molecule has 0 aliphatic rings. The number of amides is 1. The third-order valence-electron chi connectivity index (χ3n) is 3.23. The molecule has 0 saturated carbocycles. The Morgan fingerprint density at radius 1 is 1.45 bits per heavy atom. The van der Waals surface area contributed by atoms with Crippen LogP contribution in [0.5, 0.6) is 0 Å². The summed E-state index contributed by atoms with van der Waals surface area (Å²) < 4.78 is 13.9. The molecule has 1 aromatic rings. The minimum absolute atomic E-state index is 0.368. The Morgan fingerprint density at radius 3 is 2.60 bits per heavy atom. The number of carbonyl (C=O) groups excluding carboxylic acids is 1. The molecule has 0 spiro atoms. The average molecular weight is 346 g/mol. The van der Waals surface area contributed by atoms with Crippen LogP contribution in [-0.2, 0) is 4.79 Å². The summed E-state index contributed by atoms with van der Waals surface area (Å²) >= 11 is 3.09. The van der Waals surface area contributed by atoms with Gasteiger partial charge in [0, 0.05) is 13.1 Å². The van der Waals surface area contributed by atoms with Gasteiger partial charge in [-0.25, -0.2) is 4.39 Å². The number of nitrogens with one attached hydrogen (secondary N) is 1. The van der Waals surface area contributed by atoms with Gasteiger partial charge in [0.15, 0.2) is 0 Å². The van der Waals surface area contributed by atoms with Gasteiger partial charge in [-0.1, -0.05) is 19.9 Å². The van der Waals surface area contributed by atoms with Gasteiger partial charge in [-0.05, 0) is 46.7 Å². The van der Waals surface area contributed by atoms with E-state index in [4.69, 9.17) is 5.73 Å². The van der Waals surface area contributed by atoms with Crippen molar-refractivity contribution in [2.45, 2.75) is 19.9 Å². The highest BCUT2D eigenvalue weighted by Gasteiger charge is 2.18. The molecule has 1 rings (SSSR count). The third kappa shape index (κ3) is 4.85. The Balaban J connectivity index is 2.69. The third-order valence-corrected chi connectivity index (χ3v) is 3.88. The van der Waals surface area contributed by atoms with Crippen molar-refractivity contribution in [3.8, 4) is 0 Å². The van der Waals surface area contributed by atoms with Crippen LogP contribution in [0.15, 0.2) is 22.7 Å². The standard InChI is InChI=1S/C14H21BrFN3O/c1-3-19(4-2)8-7-18-13(14(17)20)10-5-6-11(15)12(16)9-10/h5-6,9,13,18H,3-4,7-8H2,1-2H3,(H2,17,20). The number of halogens is 2. The van der Waals surface area contributed by atoms with E-state index in [1.807, 2.05) is 0 Å². The Labute approximate surface area is 127 Å². The van der Waals surface area contributed by atoms with Crippen molar-refractivity contribution >= 4 is 21.8 Å². The molecule has 112 valence electrons. The summed E-state index contributed by atoms with van der Waals surface area (Å²) in [4.78, 5) is 13.8. The number of hydrogen-bond donors (Lipinski definition) is 2. The molecule has 6 heteroatoms. The van der Waals surface area contributed by atoms with Gasteiger partial charge in [0.25, 0.3) is 0 Å². The quantitative estimate of drug-likeness (QED) is 0.758. The van der Waals surface area contributed by atoms with Crippen LogP contribution in [0.1, 0.15) is 25.5 Å². The minimum Gasteiger partial charge on any atom is -0.368 e. The molecule has 0 heterocycles. The van der Waals surface area contributed by atoms with Gasteiger partial charge in [0.2, 0.25) is 5.91 Å². The SMILES string of the molecule is CCN(CC)CCNC(C(N)=O)c1ccc(Br)c(F)c1. The fourth-order valence-corrected chi connectivity index (χ4v) is 2.23. The van der Waals surface area contributed by atoms with Gasteiger partial charge in [-0.3, -0.25) is 4.79 Å². The van der Waals surface area contributed by atoms with E-state index in [2.05, 4.69) is 40.0 Å². The number of hydrogen-bond acceptors (Lipinski definition) is 3. The molecule has 3 N–H and O–H groups in total. The zero-order chi connectivity index (χ0) is 15.1. The minimum atomic E-state index is -0.673. The summed E-state index contributed by atoms with van der Waals surface area (Å²) in [6.07, 6.45) is 0. The number of likely N-dealkylation sites (N-methyl/N-ethyl adjacent to an activating group) is 1. The first-order valence-electron chi connectivity index (χ1n) is 6.69. The fraction of sp³-hybridized carbons (Fsp3) is 0.500. The lowest BCUT2D eigenvalue weighted by atomic mass is 10.1. The van der Waals surface area contributed by atoms with Crippen LogP contribution in [-0.4, -0.2) is 37.0 Å². The highest BCUT2D eigenvalue weighted by Crippen LogP contribution is 2.20. The summed E-state index contributed by atoms with van der Waals surface area (Å²) in [6.45, 7) is 7.50. The Bertz CT molecular complexity index is 452. The highest BCUT2D eigenvalue weighted by atomic mass is 79.9. The molecule has 1 amide bonds. The van der Waals surface area contributed by atoms with E-state index >= 15 is 0 Å². The summed E-state index contributed by atoms with van der Waals surface area (Å²) in [7, 11) is 0. The second-order valence-corrected chi connectivity index (χ2v) is 5.34. The molecule has 1 atom stereocenters. The molecular formula is C14H21BrFN3O. The number of rotatable bonds is 8. The van der Waals surface area contributed by atoms with Gasteiger partial charge < -0.3 is 16.0 Å². The Morgan fingerprint density at radius 2 is 2.10 bits per heavy atom. The van der Waals surface area contributed by atoms with Crippen LogP contribution in [0, 0.1) is 5.82 Å². The van der Waals surface area contributed by atoms with E-state index in [-0.39, 0.29) is 0 Å². The smallest absolute Gasteiger partial charge is 0.239 e. The maximum Gasteiger partial charge on any atom is 0.239 e. The topological polar surface area (TPSA) is 58.4 Å². The van der Waals surface area contributed by atoms with Crippen molar-refractivity contribution < 1.29 is 9.18 Å². The Hall–Kier alpha value is -0.980. The summed E-state index contributed by atoms with van der Waals surface area (Å²) in [5, 5.41) is 3.08. The van der Waals surface area contributed by atoms with E-state index in [1.54, 1.807) is 12.1 Å². The van der Waals surface area contributed by atoms with Crippen molar-refractivity contribution in [3.63, 3.8) is 0 Å². The second kappa shape index (κ2) is 8.34. The Kier molecular flexibility index (Phi) is 7.12. The van der Waals surface area contributed by atoms with Crippen LogP contribution < -0.4 is 11.1 Å². The lowest BCUT2D eigenvalue weighted by Gasteiger charge is -2.21. The van der Waals surface area contributed by atoms with E-state index < -0.39 is 17.8 Å². The van der Waals surface area contributed by atoms with Gasteiger partial charge in [0.05, 0.1) is 4.47 Å². The summed E-state index contributed by atoms with van der Waals surface area (Å²) in [6, 6.07) is 3.91. The monoisotopic (exact) mass is 345 g/mol. The molecule has 4 nitrogen and oxygen atoms in total. The first-order chi connectivity index (χ1) is 9.49. The highest BCUT2D eigenvalue weighted by molar-refractivity contribution is 9.10. The molecule has 0 aromatic heterocycles. The molecule has 0 bridgehead atoms. The molecule has 0 radical (unpaired) electrons. The van der Waals surface area contributed by atoms with E-state index in [1.165, 1.54) is 6.07 Å². The van der Waals surface area contributed by atoms with E-state index in [0.29, 0.717) is 16.6 Å². The normalized spacial score (nSPS) is 12.7. The fourth-order valence-electron chi connectivity index (χ4n) is 1.98. The zero-order valence-corrected chi connectivity index (χ0v) is 13.4. The van der Waals surface area contributed by atoms with Crippen LogP contribution in [0.4, 0.5) is 4.39 Å². The summed E-state index contributed by atoms with van der Waals surface area (Å²) in [5.74, 6) is -0.912. The zero-order valence-electron chi connectivity index (χ0n) is 11.8. The first-order valence-corrected chi connectivity index (χ1v) is 7.48. The van der Waals surface area contributed by atoms with Crippen molar-refractivity contribution in [1.29, 1.82) is 0 Å². The van der Waals surface area contributed by atoms with Gasteiger partial charge >= 0.3 is 0 Å². The molecule has 0 aliphatic carbocycles. The maximum atomic E-state index is 13.5. The van der Waals surface area contributed by atoms with Crippen LogP contribution in [0.25, 0.3) is 0 Å². The molecule has 0 saturated heterocycles. The van der Waals surface area contributed by atoms with E-state index in [0.717, 1.165) is 19.6 Å². The molecular weight excluding hydrogens is 325 g/mol. The van der Waals surface area contributed by atoms with Gasteiger partial charge in [0.1, 0.15) is 11.9 Å². The van der Waals surface area contributed by atoms with Crippen LogP contribution in [0.3, 0.4) is 0 Å². The van der Waals surface area contributed by atoms with Gasteiger partial charge in [-0.15, -0.1) is 0 Å². The van der Waals surface area contributed by atoms with Crippen molar-refractivity contribution in [3.05, 3.63) is 34.1 Å². The predicted octanol–water partition coefficient (Wildman–Crippen LogP) is 2.05. The molecule has 0 fully saturated rings. The molecule has 1 unspecified atom stereocenters. The van der Waals surface area contributed by atoms with Crippen molar-refractivity contribution in [2.75, 3.05) is 26.2 Å². The lowest BCUT2D eigenvalue weighted by Crippen LogP contribution is -2.38. The lowest BCUT2D eigenvalue weighted by molar-refractivity contribution is -0.120. The predicted molar refractivity (Wildman–Crippen MR) is 81.8 cm³/mol. The molecule has 1 aromatic carbocycles. The number of primary amides is 1. The van der Waals surface area contributed by atoms with E-state index in [9.17, 15) is 9.18 Å². The van der Waals surface area contributed by atoms with Crippen LogP contribution >= 0.6 is 15.9 Å². The van der Waals surface area contributed by atoms with Crippen LogP contribution in [0.2, 0.25) is 0 Å². The summed E-state index contributed by atoms with van der Waals surface area (Å²) in [5.41, 5.74) is 5.93. The average Bonchev–Trinajstić information content (AvgIpc) is 2.42.